The maximum absolute atomic E-state index is 10.6. The zero-order valence-electron chi connectivity index (χ0n) is 5.97. The van der Waals surface area contributed by atoms with E-state index < -0.39 is 0 Å². The van der Waals surface area contributed by atoms with Crippen molar-refractivity contribution in [3.63, 3.8) is 0 Å². The Hall–Kier alpha value is -0.570. The van der Waals surface area contributed by atoms with Crippen LogP contribution in [0, 0.1) is 5.92 Å². The lowest BCUT2D eigenvalue weighted by Crippen LogP contribution is -2.29. The van der Waals surface area contributed by atoms with E-state index in [1.165, 1.54) is 0 Å². The summed E-state index contributed by atoms with van der Waals surface area (Å²) in [6.07, 6.45) is 3.33. The highest BCUT2D eigenvalue weighted by Crippen LogP contribution is 2.22. The molecule has 1 aliphatic carbocycles. The third-order valence-corrected chi connectivity index (χ3v) is 2.13. The molecule has 1 radical (unpaired) electrons. The van der Waals surface area contributed by atoms with E-state index in [0.717, 1.165) is 25.7 Å². The number of hydrogen-bond acceptors (Lipinski definition) is 1. The Bertz CT molecular complexity index is 128. The van der Waals surface area contributed by atoms with Crippen molar-refractivity contribution >= 4 is 5.91 Å². The quantitative estimate of drug-likeness (QED) is 0.561. The molecule has 0 heterocycles. The molecule has 3 nitrogen and oxygen atoms in total. The molecule has 10 heavy (non-hydrogen) atoms. The van der Waals surface area contributed by atoms with Gasteiger partial charge in [-0.15, -0.1) is 0 Å². The Balaban J connectivity index is 2.33. The van der Waals surface area contributed by atoms with Crippen LogP contribution in [0.5, 0.6) is 0 Å². The Morgan fingerprint density at radius 1 is 1.30 bits per heavy atom. The summed E-state index contributed by atoms with van der Waals surface area (Å²) in [7, 11) is 0. The van der Waals surface area contributed by atoms with Crippen LogP contribution in [0.1, 0.15) is 25.7 Å². The van der Waals surface area contributed by atoms with Gasteiger partial charge in [-0.25, -0.2) is 0 Å². The smallest absolute Gasteiger partial charge is 0.220 e. The molecule has 1 saturated carbocycles. The minimum atomic E-state index is -0.188. The average Bonchev–Trinajstić information content (AvgIpc) is 1.88. The summed E-state index contributed by atoms with van der Waals surface area (Å²) >= 11 is 0. The molecule has 0 unspecified atom stereocenters. The Labute approximate surface area is 60.8 Å². The van der Waals surface area contributed by atoms with Crippen LogP contribution in [0.15, 0.2) is 0 Å². The van der Waals surface area contributed by atoms with E-state index in [1.807, 2.05) is 0 Å². The lowest BCUT2D eigenvalue weighted by atomic mass is 9.86. The van der Waals surface area contributed by atoms with Crippen LogP contribution in [-0.4, -0.2) is 11.9 Å². The summed E-state index contributed by atoms with van der Waals surface area (Å²) in [5.41, 5.74) is 12.5. The summed E-state index contributed by atoms with van der Waals surface area (Å²) in [6, 6.07) is 0.0515. The van der Waals surface area contributed by atoms with Gasteiger partial charge in [0, 0.05) is 12.0 Å². The van der Waals surface area contributed by atoms with Crippen molar-refractivity contribution in [2.75, 3.05) is 0 Å². The van der Waals surface area contributed by atoms with E-state index in [4.69, 9.17) is 11.5 Å². The molecule has 1 amide bonds. The third-order valence-electron chi connectivity index (χ3n) is 2.13. The molecule has 1 aliphatic rings. The number of hydrogen-bond donors (Lipinski definition) is 1. The topological polar surface area (TPSA) is 66.9 Å². The summed E-state index contributed by atoms with van der Waals surface area (Å²) in [4.78, 5) is 10.6. The van der Waals surface area contributed by atoms with Gasteiger partial charge in [-0.1, -0.05) is 0 Å². The van der Waals surface area contributed by atoms with Gasteiger partial charge in [0.15, 0.2) is 0 Å². The highest BCUT2D eigenvalue weighted by molar-refractivity contribution is 5.76. The van der Waals surface area contributed by atoms with Crippen LogP contribution >= 0.6 is 0 Å². The fourth-order valence-electron chi connectivity index (χ4n) is 1.38. The third kappa shape index (κ3) is 1.70. The molecule has 0 bridgehead atoms. The van der Waals surface area contributed by atoms with Crippen molar-refractivity contribution < 1.29 is 4.79 Å². The van der Waals surface area contributed by atoms with Crippen molar-refractivity contribution in [3.8, 4) is 0 Å². The predicted molar refractivity (Wildman–Crippen MR) is 38.0 cm³/mol. The molecule has 1 rings (SSSR count). The second kappa shape index (κ2) is 3.01. The molecule has 0 aromatic heterocycles. The minimum Gasteiger partial charge on any atom is -0.369 e. The van der Waals surface area contributed by atoms with Crippen LogP contribution < -0.4 is 11.5 Å². The molecule has 1 fully saturated rings. The lowest BCUT2D eigenvalue weighted by Gasteiger charge is -2.22. The summed E-state index contributed by atoms with van der Waals surface area (Å²) in [6.45, 7) is 0. The van der Waals surface area contributed by atoms with Gasteiger partial charge < -0.3 is 5.73 Å². The van der Waals surface area contributed by atoms with Crippen molar-refractivity contribution in [2.45, 2.75) is 31.7 Å². The zero-order valence-corrected chi connectivity index (χ0v) is 5.97. The van der Waals surface area contributed by atoms with Crippen molar-refractivity contribution in [3.05, 3.63) is 0 Å². The molecule has 0 aromatic carbocycles. The van der Waals surface area contributed by atoms with E-state index in [-0.39, 0.29) is 17.9 Å². The molecular formula is C7H13N2O. The summed E-state index contributed by atoms with van der Waals surface area (Å²) in [5.74, 6) is -0.131. The van der Waals surface area contributed by atoms with Crippen molar-refractivity contribution in [1.29, 1.82) is 0 Å². The number of rotatable bonds is 1. The number of nitrogens with one attached hydrogen (secondary N) is 1. The second-order valence-electron chi connectivity index (χ2n) is 2.95. The number of nitrogens with two attached hydrogens (primary N) is 1. The monoisotopic (exact) mass is 141 g/mol. The standard InChI is InChI=1S/C7H13N2O/c8-6-3-1-5(2-4-6)7(9)10/h5-6,8H,1-4H2,(H2,9,10)/t5-,6-. The molecule has 3 N–H and O–H groups in total. The molecular weight excluding hydrogens is 128 g/mol. The van der Waals surface area contributed by atoms with Crippen LogP contribution in [-0.2, 0) is 4.79 Å². The minimum absolute atomic E-state index is 0.0515. The van der Waals surface area contributed by atoms with Gasteiger partial charge in [-0.05, 0) is 25.7 Å². The van der Waals surface area contributed by atoms with Gasteiger partial charge in [-0.2, -0.15) is 0 Å². The highest BCUT2D eigenvalue weighted by atomic mass is 16.1. The number of carbonyl (C=O) groups is 1. The van der Waals surface area contributed by atoms with Gasteiger partial charge in [0.2, 0.25) is 5.91 Å². The maximum atomic E-state index is 10.6. The second-order valence-corrected chi connectivity index (χ2v) is 2.95. The number of primary amides is 1. The molecule has 0 atom stereocenters. The van der Waals surface area contributed by atoms with E-state index in [1.54, 1.807) is 0 Å². The molecule has 3 heteroatoms. The first kappa shape index (κ1) is 7.54. The highest BCUT2D eigenvalue weighted by Gasteiger charge is 2.22. The van der Waals surface area contributed by atoms with Gasteiger partial charge in [-0.3, -0.25) is 10.5 Å². The van der Waals surface area contributed by atoms with Crippen LogP contribution in [0.25, 0.3) is 0 Å². The van der Waals surface area contributed by atoms with Crippen molar-refractivity contribution in [1.82, 2.24) is 5.73 Å². The first-order valence-electron chi connectivity index (χ1n) is 3.70. The average molecular weight is 141 g/mol. The fraction of sp³-hybridized carbons (Fsp3) is 0.857. The first-order valence-corrected chi connectivity index (χ1v) is 3.70. The van der Waals surface area contributed by atoms with E-state index >= 15 is 0 Å². The van der Waals surface area contributed by atoms with Gasteiger partial charge in [0.05, 0.1) is 0 Å². The van der Waals surface area contributed by atoms with E-state index in [2.05, 4.69) is 0 Å². The number of carbonyl (C=O) groups excluding carboxylic acids is 1. The zero-order chi connectivity index (χ0) is 7.56. The summed E-state index contributed by atoms with van der Waals surface area (Å²) in [5, 5.41) is 0. The SMILES string of the molecule is [NH][C@H]1CC[C@H](C(N)=O)CC1. The van der Waals surface area contributed by atoms with Gasteiger partial charge >= 0.3 is 0 Å². The van der Waals surface area contributed by atoms with Gasteiger partial charge in [0.25, 0.3) is 0 Å². The van der Waals surface area contributed by atoms with Crippen LogP contribution in [0.3, 0.4) is 0 Å². The Morgan fingerprint density at radius 3 is 2.20 bits per heavy atom. The number of amides is 1. The lowest BCUT2D eigenvalue weighted by molar-refractivity contribution is -0.122. The van der Waals surface area contributed by atoms with E-state index in [0.29, 0.717) is 0 Å². The molecule has 0 aliphatic heterocycles. The Morgan fingerprint density at radius 2 is 1.80 bits per heavy atom. The van der Waals surface area contributed by atoms with E-state index in [9.17, 15) is 4.79 Å². The van der Waals surface area contributed by atoms with Crippen molar-refractivity contribution in [2.24, 2.45) is 11.7 Å². The van der Waals surface area contributed by atoms with Gasteiger partial charge in [0.1, 0.15) is 0 Å². The molecule has 0 spiro atoms. The largest absolute Gasteiger partial charge is 0.369 e. The normalized spacial score (nSPS) is 33.7. The summed E-state index contributed by atoms with van der Waals surface area (Å²) < 4.78 is 0. The molecule has 57 valence electrons. The van der Waals surface area contributed by atoms with Crippen LogP contribution in [0.4, 0.5) is 0 Å². The first-order chi connectivity index (χ1) is 4.70. The Kier molecular flexibility index (Phi) is 2.27. The fourth-order valence-corrected chi connectivity index (χ4v) is 1.38. The molecule has 0 aromatic rings. The maximum Gasteiger partial charge on any atom is 0.220 e. The molecule has 0 saturated heterocycles. The predicted octanol–water partition coefficient (Wildman–Crippen LogP) is 0.313. The van der Waals surface area contributed by atoms with Crippen LogP contribution in [0.2, 0.25) is 0 Å².